The molecule has 1 saturated heterocycles. The van der Waals surface area contributed by atoms with Gasteiger partial charge in [-0.05, 0) is 37.3 Å². The summed E-state index contributed by atoms with van der Waals surface area (Å²) in [4.78, 5) is 20.8. The lowest BCUT2D eigenvalue weighted by Crippen LogP contribution is -2.45. The SMILES string of the molecule is O=C(CCNc1ncnc2ccccc12)NC1CCC2CNNC2C1. The van der Waals surface area contributed by atoms with Crippen molar-refractivity contribution in [3.8, 4) is 0 Å². The average Bonchev–Trinajstić information content (AvgIpc) is 3.10. The van der Waals surface area contributed by atoms with Crippen molar-refractivity contribution in [3.63, 3.8) is 0 Å². The minimum absolute atomic E-state index is 0.0975. The summed E-state index contributed by atoms with van der Waals surface area (Å²) in [6.45, 7) is 1.60. The van der Waals surface area contributed by atoms with Gasteiger partial charge in [0.1, 0.15) is 12.1 Å². The maximum Gasteiger partial charge on any atom is 0.221 e. The average molecular weight is 340 g/mol. The highest BCUT2D eigenvalue weighted by Crippen LogP contribution is 2.26. The van der Waals surface area contributed by atoms with Gasteiger partial charge in [0.2, 0.25) is 5.91 Å². The molecule has 1 amide bonds. The highest BCUT2D eigenvalue weighted by atomic mass is 16.1. The number of carbonyl (C=O) groups is 1. The second-order valence-electron chi connectivity index (χ2n) is 6.89. The van der Waals surface area contributed by atoms with Crippen molar-refractivity contribution in [2.24, 2.45) is 5.92 Å². The van der Waals surface area contributed by atoms with E-state index in [-0.39, 0.29) is 11.9 Å². The zero-order chi connectivity index (χ0) is 17.1. The van der Waals surface area contributed by atoms with Gasteiger partial charge < -0.3 is 10.6 Å². The Morgan fingerprint density at radius 3 is 3.12 bits per heavy atom. The van der Waals surface area contributed by atoms with Gasteiger partial charge in [0, 0.05) is 37.0 Å². The van der Waals surface area contributed by atoms with Crippen LogP contribution in [-0.4, -0.2) is 41.0 Å². The van der Waals surface area contributed by atoms with Crippen molar-refractivity contribution in [2.75, 3.05) is 18.4 Å². The minimum atomic E-state index is 0.0975. The van der Waals surface area contributed by atoms with Crippen molar-refractivity contribution in [1.82, 2.24) is 26.1 Å². The van der Waals surface area contributed by atoms with E-state index in [1.54, 1.807) is 6.33 Å². The Balaban J connectivity index is 1.26. The maximum atomic E-state index is 12.2. The van der Waals surface area contributed by atoms with E-state index < -0.39 is 0 Å². The predicted molar refractivity (Wildman–Crippen MR) is 96.8 cm³/mol. The van der Waals surface area contributed by atoms with Gasteiger partial charge in [-0.3, -0.25) is 15.6 Å². The summed E-state index contributed by atoms with van der Waals surface area (Å²) in [5, 5.41) is 7.41. The van der Waals surface area contributed by atoms with E-state index in [1.807, 2.05) is 24.3 Å². The van der Waals surface area contributed by atoms with E-state index in [4.69, 9.17) is 0 Å². The van der Waals surface area contributed by atoms with Gasteiger partial charge in [-0.25, -0.2) is 9.97 Å². The number of rotatable bonds is 5. The lowest BCUT2D eigenvalue weighted by Gasteiger charge is -2.31. The first-order valence-corrected chi connectivity index (χ1v) is 9.01. The molecule has 2 aliphatic rings. The van der Waals surface area contributed by atoms with E-state index >= 15 is 0 Å². The summed E-state index contributed by atoms with van der Waals surface area (Å²) in [7, 11) is 0. The number of hydrogen-bond acceptors (Lipinski definition) is 6. The summed E-state index contributed by atoms with van der Waals surface area (Å²) >= 11 is 0. The largest absolute Gasteiger partial charge is 0.369 e. The second-order valence-corrected chi connectivity index (χ2v) is 6.89. The summed E-state index contributed by atoms with van der Waals surface area (Å²) in [6.07, 6.45) is 5.23. The van der Waals surface area contributed by atoms with Gasteiger partial charge in [0.25, 0.3) is 0 Å². The van der Waals surface area contributed by atoms with Crippen molar-refractivity contribution in [2.45, 2.75) is 37.8 Å². The Labute approximate surface area is 147 Å². The summed E-state index contributed by atoms with van der Waals surface area (Å²) in [5.41, 5.74) is 7.44. The molecule has 0 spiro atoms. The lowest BCUT2D eigenvalue weighted by atomic mass is 9.83. The number of benzene rings is 1. The monoisotopic (exact) mass is 340 g/mol. The molecule has 2 heterocycles. The molecule has 1 aliphatic heterocycles. The molecule has 0 radical (unpaired) electrons. The van der Waals surface area contributed by atoms with E-state index in [1.165, 1.54) is 6.42 Å². The smallest absolute Gasteiger partial charge is 0.221 e. The molecule has 132 valence electrons. The number of amides is 1. The molecule has 1 saturated carbocycles. The maximum absolute atomic E-state index is 12.2. The zero-order valence-electron chi connectivity index (χ0n) is 14.2. The summed E-state index contributed by atoms with van der Waals surface area (Å²) < 4.78 is 0. The first-order chi connectivity index (χ1) is 12.3. The molecule has 4 N–H and O–H groups in total. The molecule has 3 atom stereocenters. The Hall–Kier alpha value is -2.25. The summed E-state index contributed by atoms with van der Waals surface area (Å²) in [6, 6.07) is 8.63. The number of aromatic nitrogens is 2. The van der Waals surface area contributed by atoms with Crippen LogP contribution >= 0.6 is 0 Å². The van der Waals surface area contributed by atoms with E-state index in [0.29, 0.717) is 24.9 Å². The molecule has 1 aromatic heterocycles. The van der Waals surface area contributed by atoms with Crippen molar-refractivity contribution in [1.29, 1.82) is 0 Å². The Morgan fingerprint density at radius 2 is 2.16 bits per heavy atom. The van der Waals surface area contributed by atoms with Crippen molar-refractivity contribution >= 4 is 22.6 Å². The van der Waals surface area contributed by atoms with Gasteiger partial charge >= 0.3 is 0 Å². The number of carbonyl (C=O) groups excluding carboxylic acids is 1. The van der Waals surface area contributed by atoms with Crippen LogP contribution in [0.2, 0.25) is 0 Å². The molecule has 4 rings (SSSR count). The normalized spacial score (nSPS) is 25.5. The predicted octanol–water partition coefficient (Wildman–Crippen LogP) is 1.19. The van der Waals surface area contributed by atoms with E-state index in [9.17, 15) is 4.79 Å². The minimum Gasteiger partial charge on any atom is -0.369 e. The van der Waals surface area contributed by atoms with Crippen LogP contribution in [0.5, 0.6) is 0 Å². The van der Waals surface area contributed by atoms with Crippen LogP contribution in [0.3, 0.4) is 0 Å². The van der Waals surface area contributed by atoms with Crippen LogP contribution in [0.15, 0.2) is 30.6 Å². The third-order valence-corrected chi connectivity index (χ3v) is 5.20. The summed E-state index contributed by atoms with van der Waals surface area (Å²) in [5.74, 6) is 1.58. The van der Waals surface area contributed by atoms with Crippen LogP contribution in [-0.2, 0) is 4.79 Å². The molecule has 2 aromatic rings. The topological polar surface area (TPSA) is 91.0 Å². The highest BCUT2D eigenvalue weighted by molar-refractivity contribution is 5.88. The number of anilines is 1. The fraction of sp³-hybridized carbons (Fsp3) is 0.500. The molecule has 7 nitrogen and oxygen atoms in total. The van der Waals surface area contributed by atoms with Crippen LogP contribution in [0.4, 0.5) is 5.82 Å². The first kappa shape index (κ1) is 16.2. The molecule has 1 aliphatic carbocycles. The number of nitrogens with zero attached hydrogens (tertiary/aromatic N) is 2. The first-order valence-electron chi connectivity index (χ1n) is 9.01. The second kappa shape index (κ2) is 7.33. The highest BCUT2D eigenvalue weighted by Gasteiger charge is 2.34. The van der Waals surface area contributed by atoms with E-state index in [2.05, 4.69) is 31.5 Å². The van der Waals surface area contributed by atoms with Crippen LogP contribution in [0.1, 0.15) is 25.7 Å². The number of hydrazine groups is 1. The zero-order valence-corrected chi connectivity index (χ0v) is 14.2. The lowest BCUT2D eigenvalue weighted by molar-refractivity contribution is -0.121. The molecular formula is C18H24N6O. The van der Waals surface area contributed by atoms with Crippen LogP contribution in [0, 0.1) is 5.92 Å². The van der Waals surface area contributed by atoms with E-state index in [0.717, 1.165) is 36.1 Å². The molecular weight excluding hydrogens is 316 g/mol. The van der Waals surface area contributed by atoms with Crippen LogP contribution in [0.25, 0.3) is 10.9 Å². The van der Waals surface area contributed by atoms with Crippen molar-refractivity contribution in [3.05, 3.63) is 30.6 Å². The number of hydrogen-bond donors (Lipinski definition) is 4. The molecule has 7 heteroatoms. The third kappa shape index (κ3) is 3.72. The number of para-hydroxylation sites is 1. The third-order valence-electron chi connectivity index (χ3n) is 5.20. The standard InChI is InChI=1S/C18H24N6O/c25-17(23-13-6-5-12-10-22-24-16(12)9-13)7-8-19-18-14-3-1-2-4-15(14)20-11-21-18/h1-4,11-13,16,22,24H,5-10H2,(H,23,25)(H,19,20,21). The Kier molecular flexibility index (Phi) is 4.76. The fourth-order valence-corrected chi connectivity index (χ4v) is 3.85. The molecule has 1 aromatic carbocycles. The van der Waals surface area contributed by atoms with Crippen molar-refractivity contribution < 1.29 is 4.79 Å². The van der Waals surface area contributed by atoms with Gasteiger partial charge in [0.05, 0.1) is 5.52 Å². The van der Waals surface area contributed by atoms with Gasteiger partial charge in [-0.15, -0.1) is 0 Å². The van der Waals surface area contributed by atoms with Gasteiger partial charge in [-0.1, -0.05) is 12.1 Å². The Bertz CT molecular complexity index is 746. The molecule has 25 heavy (non-hydrogen) atoms. The van der Waals surface area contributed by atoms with Crippen LogP contribution < -0.4 is 21.5 Å². The quantitative estimate of drug-likeness (QED) is 0.654. The number of fused-ring (bicyclic) bond motifs is 2. The Morgan fingerprint density at radius 1 is 1.24 bits per heavy atom. The number of nitrogens with one attached hydrogen (secondary N) is 4. The fourth-order valence-electron chi connectivity index (χ4n) is 3.85. The van der Waals surface area contributed by atoms with Gasteiger partial charge in [0.15, 0.2) is 0 Å². The molecule has 0 bridgehead atoms. The molecule has 2 fully saturated rings. The van der Waals surface area contributed by atoms with Gasteiger partial charge in [-0.2, -0.15) is 0 Å². The molecule has 3 unspecified atom stereocenters.